The van der Waals surface area contributed by atoms with Crippen molar-refractivity contribution >= 4 is 39.0 Å². The van der Waals surface area contributed by atoms with E-state index in [1.54, 1.807) is 11.3 Å². The van der Waals surface area contributed by atoms with Gasteiger partial charge in [-0.15, -0.1) is 11.3 Å². The highest BCUT2D eigenvalue weighted by Crippen LogP contribution is 2.44. The molecular weight excluding hydrogens is 390 g/mol. The average molecular weight is 416 g/mol. The highest BCUT2D eigenvalue weighted by molar-refractivity contribution is 7.19. The number of ether oxygens (including phenoxy) is 1. The third-order valence-corrected chi connectivity index (χ3v) is 6.74. The Hall–Kier alpha value is -1.85. The normalized spacial score (nSPS) is 20.0. The van der Waals surface area contributed by atoms with Crippen molar-refractivity contribution in [2.45, 2.75) is 59.0 Å². The van der Waals surface area contributed by atoms with E-state index in [-0.39, 0.29) is 0 Å². The molecule has 148 valence electrons. The molecule has 2 unspecified atom stereocenters. The van der Waals surface area contributed by atoms with Crippen LogP contribution in [0.4, 0.5) is 5.82 Å². The molecule has 1 aliphatic rings. The number of hydrogen-bond donors (Lipinski definition) is 0. The van der Waals surface area contributed by atoms with Crippen LogP contribution >= 0.6 is 22.9 Å². The van der Waals surface area contributed by atoms with Crippen LogP contribution in [0.1, 0.15) is 44.9 Å². The van der Waals surface area contributed by atoms with E-state index in [1.807, 2.05) is 19.1 Å². The SMILES string of the molecule is CCOc1ccc(-c2c(C)sc3nc(Cl)nc(N4C(C)CCCC4C)c23)cc1. The van der Waals surface area contributed by atoms with Crippen molar-refractivity contribution in [1.82, 2.24) is 9.97 Å². The Balaban J connectivity index is 1.91. The highest BCUT2D eigenvalue weighted by atomic mass is 35.5. The summed E-state index contributed by atoms with van der Waals surface area (Å²) < 4.78 is 5.61. The Kier molecular flexibility index (Phi) is 5.48. The molecule has 0 bridgehead atoms. The predicted molar refractivity (Wildman–Crippen MR) is 119 cm³/mol. The number of rotatable bonds is 4. The van der Waals surface area contributed by atoms with Gasteiger partial charge in [0.15, 0.2) is 0 Å². The molecule has 6 heteroatoms. The molecule has 0 N–H and O–H groups in total. The lowest BCUT2D eigenvalue weighted by molar-refractivity contribution is 0.340. The maximum atomic E-state index is 6.34. The molecule has 0 amide bonds. The minimum atomic E-state index is 0.326. The molecule has 28 heavy (non-hydrogen) atoms. The fraction of sp³-hybridized carbons (Fsp3) is 0.455. The predicted octanol–water partition coefficient (Wildman–Crippen LogP) is 6.49. The number of anilines is 1. The fourth-order valence-corrected chi connectivity index (χ4v) is 5.58. The van der Waals surface area contributed by atoms with Crippen molar-refractivity contribution in [2.24, 2.45) is 0 Å². The van der Waals surface area contributed by atoms with E-state index in [1.165, 1.54) is 29.7 Å². The van der Waals surface area contributed by atoms with Crippen LogP contribution < -0.4 is 9.64 Å². The molecule has 0 spiro atoms. The van der Waals surface area contributed by atoms with E-state index in [4.69, 9.17) is 21.3 Å². The summed E-state index contributed by atoms with van der Waals surface area (Å²) in [7, 11) is 0. The molecule has 0 saturated carbocycles. The topological polar surface area (TPSA) is 38.3 Å². The first-order chi connectivity index (χ1) is 13.5. The lowest BCUT2D eigenvalue weighted by atomic mass is 9.96. The number of fused-ring (bicyclic) bond motifs is 1. The van der Waals surface area contributed by atoms with Gasteiger partial charge in [0, 0.05) is 22.5 Å². The molecule has 1 saturated heterocycles. The molecule has 1 fully saturated rings. The summed E-state index contributed by atoms with van der Waals surface area (Å²) >= 11 is 8.03. The minimum absolute atomic E-state index is 0.326. The van der Waals surface area contributed by atoms with Crippen LogP contribution in [0.25, 0.3) is 21.3 Å². The third kappa shape index (κ3) is 3.46. The maximum absolute atomic E-state index is 6.34. The zero-order valence-electron chi connectivity index (χ0n) is 16.8. The molecule has 0 radical (unpaired) electrons. The molecule has 4 nitrogen and oxygen atoms in total. The van der Waals surface area contributed by atoms with Gasteiger partial charge in [-0.2, -0.15) is 4.98 Å². The Labute approximate surface area is 175 Å². The zero-order valence-corrected chi connectivity index (χ0v) is 18.4. The summed E-state index contributed by atoms with van der Waals surface area (Å²) in [5, 5.41) is 1.45. The van der Waals surface area contributed by atoms with Crippen molar-refractivity contribution in [3.8, 4) is 16.9 Å². The van der Waals surface area contributed by atoms with Gasteiger partial charge in [0.05, 0.1) is 12.0 Å². The van der Waals surface area contributed by atoms with Crippen molar-refractivity contribution in [3.05, 3.63) is 34.4 Å². The number of aryl methyl sites for hydroxylation is 1. The van der Waals surface area contributed by atoms with Gasteiger partial charge in [0.25, 0.3) is 0 Å². The summed E-state index contributed by atoms with van der Waals surface area (Å²) in [5.41, 5.74) is 2.37. The van der Waals surface area contributed by atoms with Gasteiger partial charge in [-0.25, -0.2) is 4.98 Å². The van der Waals surface area contributed by atoms with E-state index in [9.17, 15) is 0 Å². The molecule has 1 aromatic carbocycles. The monoisotopic (exact) mass is 415 g/mol. The van der Waals surface area contributed by atoms with Gasteiger partial charge in [-0.1, -0.05) is 12.1 Å². The van der Waals surface area contributed by atoms with Crippen molar-refractivity contribution < 1.29 is 4.74 Å². The minimum Gasteiger partial charge on any atom is -0.494 e. The van der Waals surface area contributed by atoms with Gasteiger partial charge >= 0.3 is 0 Å². The maximum Gasteiger partial charge on any atom is 0.225 e. The molecule has 2 aromatic heterocycles. The third-order valence-electron chi connectivity index (χ3n) is 5.57. The largest absolute Gasteiger partial charge is 0.494 e. The quantitative estimate of drug-likeness (QED) is 0.456. The molecule has 1 aliphatic heterocycles. The number of halogens is 1. The number of hydrogen-bond acceptors (Lipinski definition) is 5. The lowest BCUT2D eigenvalue weighted by Crippen LogP contribution is -2.44. The number of piperidine rings is 1. The fourth-order valence-electron chi connectivity index (χ4n) is 4.33. The van der Waals surface area contributed by atoms with Crippen LogP contribution in [-0.4, -0.2) is 28.7 Å². The van der Waals surface area contributed by atoms with Crippen LogP contribution in [0.2, 0.25) is 5.28 Å². The van der Waals surface area contributed by atoms with Crippen LogP contribution in [0, 0.1) is 6.92 Å². The first-order valence-electron chi connectivity index (χ1n) is 9.97. The van der Waals surface area contributed by atoms with E-state index in [2.05, 4.69) is 42.8 Å². The summed E-state index contributed by atoms with van der Waals surface area (Å²) in [6.07, 6.45) is 3.61. The van der Waals surface area contributed by atoms with E-state index >= 15 is 0 Å². The second-order valence-electron chi connectivity index (χ2n) is 7.52. The first kappa shape index (κ1) is 19.5. The first-order valence-corrected chi connectivity index (χ1v) is 11.2. The molecule has 3 aromatic rings. The number of aromatic nitrogens is 2. The van der Waals surface area contributed by atoms with Crippen molar-refractivity contribution in [2.75, 3.05) is 11.5 Å². The number of nitrogens with zero attached hydrogens (tertiary/aromatic N) is 3. The van der Waals surface area contributed by atoms with Crippen molar-refractivity contribution in [3.63, 3.8) is 0 Å². The second kappa shape index (κ2) is 7.88. The molecule has 0 aliphatic carbocycles. The van der Waals surface area contributed by atoms with Crippen LogP contribution in [0.15, 0.2) is 24.3 Å². The standard InChI is InChI=1S/C22H26ClN3OS/c1-5-27-17-11-9-16(10-12-17)18-15(4)28-21-19(18)20(24-22(23)25-21)26-13(2)7-6-8-14(26)3/h9-14H,5-8H2,1-4H3. The Bertz CT molecular complexity index is 976. The van der Waals surface area contributed by atoms with E-state index in [0.29, 0.717) is 24.0 Å². The lowest BCUT2D eigenvalue weighted by Gasteiger charge is -2.40. The summed E-state index contributed by atoms with van der Waals surface area (Å²) in [4.78, 5) is 13.9. The number of thiophene rings is 1. The summed E-state index contributed by atoms with van der Waals surface area (Å²) in [5.74, 6) is 1.86. The van der Waals surface area contributed by atoms with Crippen LogP contribution in [-0.2, 0) is 0 Å². The van der Waals surface area contributed by atoms with E-state index in [0.717, 1.165) is 27.3 Å². The average Bonchev–Trinajstić information content (AvgIpc) is 2.98. The Morgan fingerprint density at radius 3 is 2.46 bits per heavy atom. The number of benzene rings is 1. The summed E-state index contributed by atoms with van der Waals surface area (Å²) in [6.45, 7) is 9.39. The van der Waals surface area contributed by atoms with Crippen LogP contribution in [0.3, 0.4) is 0 Å². The van der Waals surface area contributed by atoms with Crippen LogP contribution in [0.5, 0.6) is 5.75 Å². The second-order valence-corrected chi connectivity index (χ2v) is 9.06. The highest BCUT2D eigenvalue weighted by Gasteiger charge is 2.30. The zero-order chi connectivity index (χ0) is 19.8. The van der Waals surface area contributed by atoms with Crippen molar-refractivity contribution in [1.29, 1.82) is 0 Å². The molecular formula is C22H26ClN3OS. The van der Waals surface area contributed by atoms with Gasteiger partial charge in [-0.05, 0) is 76.3 Å². The summed E-state index contributed by atoms with van der Waals surface area (Å²) in [6, 6.07) is 9.19. The molecule has 4 rings (SSSR count). The van der Waals surface area contributed by atoms with Gasteiger partial charge < -0.3 is 9.64 Å². The van der Waals surface area contributed by atoms with E-state index < -0.39 is 0 Å². The molecule has 3 heterocycles. The van der Waals surface area contributed by atoms with Gasteiger partial charge in [0.1, 0.15) is 16.4 Å². The van der Waals surface area contributed by atoms with Gasteiger partial charge in [0.2, 0.25) is 5.28 Å². The Morgan fingerprint density at radius 1 is 1.14 bits per heavy atom. The van der Waals surface area contributed by atoms with Gasteiger partial charge in [-0.3, -0.25) is 0 Å². The smallest absolute Gasteiger partial charge is 0.225 e. The Morgan fingerprint density at radius 2 is 1.82 bits per heavy atom. The molecule has 2 atom stereocenters.